The van der Waals surface area contributed by atoms with Gasteiger partial charge in [-0.25, -0.2) is 4.79 Å². The zero-order valence-corrected chi connectivity index (χ0v) is 20.3. The SMILES string of the molecule is Cc1ccc(Oc2ccccc2NC(=O)CN2C(=O)NC(C)(c3ccc(C(C)C)cc3)C2=O)cc1. The molecule has 1 atom stereocenters. The van der Waals surface area contributed by atoms with E-state index in [1.54, 1.807) is 31.2 Å². The Kier molecular flexibility index (Phi) is 6.60. The number of hydrogen-bond donors (Lipinski definition) is 2. The number of carbonyl (C=O) groups is 3. The number of anilines is 1. The zero-order valence-electron chi connectivity index (χ0n) is 20.3. The fraction of sp³-hybridized carbons (Fsp3) is 0.250. The third-order valence-electron chi connectivity index (χ3n) is 6.14. The summed E-state index contributed by atoms with van der Waals surface area (Å²) in [6, 6.07) is 21.5. The normalized spacial score (nSPS) is 17.5. The van der Waals surface area contributed by atoms with Crippen LogP contribution in [0.3, 0.4) is 0 Å². The molecule has 35 heavy (non-hydrogen) atoms. The third-order valence-corrected chi connectivity index (χ3v) is 6.14. The van der Waals surface area contributed by atoms with Crippen molar-refractivity contribution in [3.05, 3.63) is 89.5 Å². The number of carbonyl (C=O) groups excluding carboxylic acids is 3. The average Bonchev–Trinajstić information content (AvgIpc) is 3.05. The van der Waals surface area contributed by atoms with Crippen molar-refractivity contribution < 1.29 is 19.1 Å². The van der Waals surface area contributed by atoms with Crippen LogP contribution in [0.2, 0.25) is 0 Å². The van der Waals surface area contributed by atoms with E-state index in [0.717, 1.165) is 16.0 Å². The molecule has 1 aliphatic heterocycles. The van der Waals surface area contributed by atoms with Crippen molar-refractivity contribution in [2.24, 2.45) is 0 Å². The van der Waals surface area contributed by atoms with Gasteiger partial charge in [0.15, 0.2) is 5.75 Å². The summed E-state index contributed by atoms with van der Waals surface area (Å²) in [6.07, 6.45) is 0. The number of nitrogens with one attached hydrogen (secondary N) is 2. The van der Waals surface area contributed by atoms with E-state index in [0.29, 0.717) is 28.7 Å². The lowest BCUT2D eigenvalue weighted by Gasteiger charge is -2.23. The quantitative estimate of drug-likeness (QED) is 0.457. The second kappa shape index (κ2) is 9.62. The van der Waals surface area contributed by atoms with Gasteiger partial charge in [0, 0.05) is 0 Å². The average molecular weight is 472 g/mol. The molecule has 7 nitrogen and oxygen atoms in total. The Labute approximate surface area is 205 Å². The Hall–Kier alpha value is -4.13. The number of aryl methyl sites for hydroxylation is 1. The standard InChI is InChI=1S/C28H29N3O4/c1-18(2)20-11-13-21(14-12-20)28(4)26(33)31(27(34)30-28)17-25(32)29-23-7-5-6-8-24(23)35-22-15-9-19(3)10-16-22/h5-16,18H,17H2,1-4H3,(H,29,32)(H,30,34). The van der Waals surface area contributed by atoms with Crippen LogP contribution in [0.25, 0.3) is 0 Å². The van der Waals surface area contributed by atoms with Crippen LogP contribution < -0.4 is 15.4 Å². The fourth-order valence-corrected chi connectivity index (χ4v) is 3.96. The first-order valence-corrected chi connectivity index (χ1v) is 11.6. The molecule has 3 aromatic rings. The monoisotopic (exact) mass is 471 g/mol. The van der Waals surface area contributed by atoms with Crippen molar-refractivity contribution in [2.75, 3.05) is 11.9 Å². The van der Waals surface area contributed by atoms with Gasteiger partial charge >= 0.3 is 6.03 Å². The van der Waals surface area contributed by atoms with Gasteiger partial charge in [-0.15, -0.1) is 0 Å². The molecule has 1 aliphatic rings. The molecule has 0 radical (unpaired) electrons. The van der Waals surface area contributed by atoms with Gasteiger partial charge in [0.25, 0.3) is 5.91 Å². The molecule has 0 bridgehead atoms. The lowest BCUT2D eigenvalue weighted by Crippen LogP contribution is -2.42. The summed E-state index contributed by atoms with van der Waals surface area (Å²) in [5.41, 5.74) is 2.11. The molecule has 2 N–H and O–H groups in total. The topological polar surface area (TPSA) is 87.7 Å². The first-order chi connectivity index (χ1) is 16.7. The maximum Gasteiger partial charge on any atom is 0.325 e. The molecule has 1 saturated heterocycles. The highest BCUT2D eigenvalue weighted by atomic mass is 16.5. The first kappa shape index (κ1) is 24.0. The molecule has 180 valence electrons. The van der Waals surface area contributed by atoms with E-state index < -0.39 is 29.9 Å². The van der Waals surface area contributed by atoms with E-state index in [2.05, 4.69) is 24.5 Å². The Morgan fingerprint density at radius 3 is 2.31 bits per heavy atom. The summed E-state index contributed by atoms with van der Waals surface area (Å²) in [5.74, 6) is 0.457. The van der Waals surface area contributed by atoms with Gasteiger partial charge in [-0.2, -0.15) is 0 Å². The fourth-order valence-electron chi connectivity index (χ4n) is 3.96. The number of amides is 4. The number of hydrogen-bond acceptors (Lipinski definition) is 4. The number of imide groups is 1. The summed E-state index contributed by atoms with van der Waals surface area (Å²) in [7, 11) is 0. The second-order valence-corrected chi connectivity index (χ2v) is 9.18. The molecule has 0 aromatic heterocycles. The van der Waals surface area contributed by atoms with Crippen LogP contribution in [0.5, 0.6) is 11.5 Å². The lowest BCUT2D eigenvalue weighted by atomic mass is 9.90. The van der Waals surface area contributed by atoms with Crippen LogP contribution in [0.1, 0.15) is 43.4 Å². The van der Waals surface area contributed by atoms with E-state index >= 15 is 0 Å². The predicted molar refractivity (Wildman–Crippen MR) is 134 cm³/mol. The summed E-state index contributed by atoms with van der Waals surface area (Å²) in [6.45, 7) is 7.40. The van der Waals surface area contributed by atoms with Gasteiger partial charge in [0.1, 0.15) is 17.8 Å². The highest BCUT2D eigenvalue weighted by molar-refractivity contribution is 6.10. The van der Waals surface area contributed by atoms with Crippen LogP contribution >= 0.6 is 0 Å². The molecule has 1 heterocycles. The van der Waals surface area contributed by atoms with Crippen LogP contribution in [-0.2, 0) is 15.1 Å². The van der Waals surface area contributed by atoms with Crippen molar-refractivity contribution in [3.63, 3.8) is 0 Å². The van der Waals surface area contributed by atoms with E-state index in [1.165, 1.54) is 0 Å². The summed E-state index contributed by atoms with van der Waals surface area (Å²) >= 11 is 0. The summed E-state index contributed by atoms with van der Waals surface area (Å²) < 4.78 is 5.92. The minimum Gasteiger partial charge on any atom is -0.455 e. The van der Waals surface area contributed by atoms with Gasteiger partial charge in [-0.05, 0) is 55.2 Å². The second-order valence-electron chi connectivity index (χ2n) is 9.18. The van der Waals surface area contributed by atoms with E-state index in [4.69, 9.17) is 4.74 Å². The van der Waals surface area contributed by atoms with E-state index in [1.807, 2.05) is 55.5 Å². The molecule has 0 spiro atoms. The predicted octanol–water partition coefficient (Wildman–Crippen LogP) is 5.32. The van der Waals surface area contributed by atoms with Gasteiger partial charge in [0.05, 0.1) is 5.69 Å². The summed E-state index contributed by atoms with van der Waals surface area (Å²) in [4.78, 5) is 39.7. The Morgan fingerprint density at radius 1 is 1.00 bits per heavy atom. The summed E-state index contributed by atoms with van der Waals surface area (Å²) in [5, 5.41) is 5.51. The van der Waals surface area contributed by atoms with Crippen molar-refractivity contribution in [1.29, 1.82) is 0 Å². The Morgan fingerprint density at radius 2 is 1.66 bits per heavy atom. The molecule has 1 fully saturated rings. The number of benzene rings is 3. The van der Waals surface area contributed by atoms with Crippen molar-refractivity contribution in [3.8, 4) is 11.5 Å². The van der Waals surface area contributed by atoms with E-state index in [9.17, 15) is 14.4 Å². The zero-order chi connectivity index (χ0) is 25.2. The minimum atomic E-state index is -1.24. The van der Waals surface area contributed by atoms with Gasteiger partial charge < -0.3 is 15.4 Å². The van der Waals surface area contributed by atoms with Crippen LogP contribution in [-0.4, -0.2) is 29.3 Å². The third kappa shape index (κ3) is 5.04. The minimum absolute atomic E-state index is 0.351. The smallest absolute Gasteiger partial charge is 0.325 e. The number of urea groups is 1. The highest BCUT2D eigenvalue weighted by Crippen LogP contribution is 2.31. The van der Waals surface area contributed by atoms with Crippen molar-refractivity contribution in [2.45, 2.75) is 39.2 Å². The molecule has 0 saturated carbocycles. The van der Waals surface area contributed by atoms with E-state index in [-0.39, 0.29) is 0 Å². The number of ether oxygens (including phenoxy) is 1. The molecular formula is C28H29N3O4. The molecule has 1 unspecified atom stereocenters. The number of rotatable bonds is 7. The molecule has 7 heteroatoms. The van der Waals surface area contributed by atoms with Crippen LogP contribution in [0.15, 0.2) is 72.8 Å². The van der Waals surface area contributed by atoms with Crippen LogP contribution in [0, 0.1) is 6.92 Å². The van der Waals surface area contributed by atoms with Gasteiger partial charge in [0.2, 0.25) is 5.91 Å². The molecule has 0 aliphatic carbocycles. The van der Waals surface area contributed by atoms with Crippen molar-refractivity contribution in [1.82, 2.24) is 10.2 Å². The molecule has 4 rings (SSSR count). The van der Waals surface area contributed by atoms with Gasteiger partial charge in [-0.1, -0.05) is 67.9 Å². The number of para-hydroxylation sites is 2. The maximum absolute atomic E-state index is 13.2. The highest BCUT2D eigenvalue weighted by Gasteiger charge is 2.49. The van der Waals surface area contributed by atoms with Crippen LogP contribution in [0.4, 0.5) is 10.5 Å². The largest absolute Gasteiger partial charge is 0.455 e. The van der Waals surface area contributed by atoms with Crippen molar-refractivity contribution >= 4 is 23.5 Å². The maximum atomic E-state index is 13.2. The van der Waals surface area contributed by atoms with Gasteiger partial charge in [-0.3, -0.25) is 14.5 Å². The molecular weight excluding hydrogens is 442 g/mol. The molecule has 4 amide bonds. The number of nitrogens with zero attached hydrogens (tertiary/aromatic N) is 1. The molecule has 3 aromatic carbocycles. The lowest BCUT2D eigenvalue weighted by molar-refractivity contribution is -0.133. The first-order valence-electron chi connectivity index (χ1n) is 11.6. The Balaban J connectivity index is 1.46. The Bertz CT molecular complexity index is 1250.